The fourth-order valence-corrected chi connectivity index (χ4v) is 3.94. The van der Waals surface area contributed by atoms with E-state index in [1.54, 1.807) is 6.92 Å². The van der Waals surface area contributed by atoms with Crippen LogP contribution in [0.2, 0.25) is 0 Å². The second-order valence-corrected chi connectivity index (χ2v) is 7.43. The van der Waals surface area contributed by atoms with Gasteiger partial charge in [0.05, 0.1) is 12.0 Å². The molecule has 0 spiro atoms. The molecule has 0 saturated carbocycles. The van der Waals surface area contributed by atoms with Gasteiger partial charge in [-0.3, -0.25) is 9.36 Å². The van der Waals surface area contributed by atoms with E-state index in [2.05, 4.69) is 14.9 Å². The SMILES string of the molecule is Cc1noc(C)c1S(=O)(=O)NCCn1cnc(-c2ccccc2)cc1=O. The summed E-state index contributed by atoms with van der Waals surface area (Å²) < 4.78 is 33.4. The molecule has 0 bridgehead atoms. The minimum atomic E-state index is -3.75. The Kier molecular flexibility index (Phi) is 5.01. The molecule has 0 atom stereocenters. The Labute approximate surface area is 150 Å². The maximum Gasteiger partial charge on any atom is 0.253 e. The molecule has 3 aromatic rings. The lowest BCUT2D eigenvalue weighted by atomic mass is 10.1. The zero-order chi connectivity index (χ0) is 18.7. The van der Waals surface area contributed by atoms with Crippen molar-refractivity contribution in [1.29, 1.82) is 0 Å². The summed E-state index contributed by atoms with van der Waals surface area (Å²) in [5.41, 5.74) is 1.45. The highest BCUT2D eigenvalue weighted by molar-refractivity contribution is 7.89. The van der Waals surface area contributed by atoms with Crippen molar-refractivity contribution in [2.24, 2.45) is 0 Å². The van der Waals surface area contributed by atoms with Crippen molar-refractivity contribution in [1.82, 2.24) is 19.4 Å². The quantitative estimate of drug-likeness (QED) is 0.700. The molecule has 0 radical (unpaired) electrons. The highest BCUT2D eigenvalue weighted by Gasteiger charge is 2.23. The Balaban J connectivity index is 1.70. The van der Waals surface area contributed by atoms with E-state index >= 15 is 0 Å². The average molecular weight is 374 g/mol. The number of benzene rings is 1. The summed E-state index contributed by atoms with van der Waals surface area (Å²) in [4.78, 5) is 16.5. The molecule has 0 aliphatic heterocycles. The highest BCUT2D eigenvalue weighted by Crippen LogP contribution is 2.18. The van der Waals surface area contributed by atoms with Crippen molar-refractivity contribution < 1.29 is 12.9 Å². The number of aromatic nitrogens is 3. The predicted octanol–water partition coefficient (Wildman–Crippen LogP) is 1.49. The van der Waals surface area contributed by atoms with Crippen LogP contribution < -0.4 is 10.3 Å². The van der Waals surface area contributed by atoms with E-state index in [9.17, 15) is 13.2 Å². The molecule has 0 aliphatic carbocycles. The van der Waals surface area contributed by atoms with Crippen LogP contribution >= 0.6 is 0 Å². The van der Waals surface area contributed by atoms with Gasteiger partial charge in [0.1, 0.15) is 10.6 Å². The van der Waals surface area contributed by atoms with Crippen LogP contribution in [0.4, 0.5) is 0 Å². The maximum absolute atomic E-state index is 12.3. The van der Waals surface area contributed by atoms with Crippen LogP contribution in [0.5, 0.6) is 0 Å². The molecule has 9 heteroatoms. The van der Waals surface area contributed by atoms with Gasteiger partial charge in [-0.15, -0.1) is 0 Å². The van der Waals surface area contributed by atoms with Crippen molar-refractivity contribution >= 4 is 10.0 Å². The first-order valence-corrected chi connectivity index (χ1v) is 9.41. The van der Waals surface area contributed by atoms with Gasteiger partial charge < -0.3 is 4.52 Å². The number of nitrogens with one attached hydrogen (secondary N) is 1. The van der Waals surface area contributed by atoms with E-state index in [-0.39, 0.29) is 29.3 Å². The lowest BCUT2D eigenvalue weighted by molar-refractivity contribution is 0.390. The van der Waals surface area contributed by atoms with Crippen molar-refractivity contribution in [3.63, 3.8) is 0 Å². The van der Waals surface area contributed by atoms with Gasteiger partial charge in [0.25, 0.3) is 5.56 Å². The second-order valence-electron chi connectivity index (χ2n) is 5.72. The Morgan fingerprint density at radius 2 is 1.92 bits per heavy atom. The van der Waals surface area contributed by atoms with Crippen LogP contribution in [-0.4, -0.2) is 29.7 Å². The van der Waals surface area contributed by atoms with Gasteiger partial charge in [-0.25, -0.2) is 18.1 Å². The third-order valence-corrected chi connectivity index (χ3v) is 5.53. The fourth-order valence-electron chi connectivity index (χ4n) is 2.59. The molecule has 0 amide bonds. The van der Waals surface area contributed by atoms with Crippen LogP contribution in [-0.2, 0) is 16.6 Å². The van der Waals surface area contributed by atoms with Crippen LogP contribution in [0.3, 0.4) is 0 Å². The number of hydrogen-bond donors (Lipinski definition) is 1. The van der Waals surface area contributed by atoms with Gasteiger partial charge in [-0.05, 0) is 13.8 Å². The third kappa shape index (κ3) is 3.73. The summed E-state index contributed by atoms with van der Waals surface area (Å²) in [6.45, 7) is 3.29. The number of hydrogen-bond acceptors (Lipinski definition) is 6. The summed E-state index contributed by atoms with van der Waals surface area (Å²) in [5.74, 6) is 0.223. The number of aryl methyl sites for hydroxylation is 2. The minimum absolute atomic E-state index is 0.0300. The Bertz CT molecular complexity index is 1050. The van der Waals surface area contributed by atoms with Crippen LogP contribution in [0.15, 0.2) is 56.9 Å². The second kappa shape index (κ2) is 7.22. The van der Waals surface area contributed by atoms with Crippen molar-refractivity contribution in [2.75, 3.05) is 6.54 Å². The van der Waals surface area contributed by atoms with Gasteiger partial charge in [0, 0.05) is 24.7 Å². The largest absolute Gasteiger partial charge is 0.360 e. The normalized spacial score (nSPS) is 11.6. The van der Waals surface area contributed by atoms with E-state index in [0.29, 0.717) is 11.4 Å². The summed E-state index contributed by atoms with van der Waals surface area (Å²) in [6.07, 6.45) is 1.41. The third-order valence-electron chi connectivity index (χ3n) is 3.83. The van der Waals surface area contributed by atoms with E-state index in [4.69, 9.17) is 4.52 Å². The highest BCUT2D eigenvalue weighted by atomic mass is 32.2. The van der Waals surface area contributed by atoms with E-state index in [1.165, 1.54) is 23.9 Å². The van der Waals surface area contributed by atoms with Gasteiger partial charge in [-0.2, -0.15) is 0 Å². The lowest BCUT2D eigenvalue weighted by Crippen LogP contribution is -2.31. The maximum atomic E-state index is 12.3. The Morgan fingerprint density at radius 1 is 1.19 bits per heavy atom. The van der Waals surface area contributed by atoms with Crippen LogP contribution in [0.1, 0.15) is 11.5 Å². The summed E-state index contributed by atoms with van der Waals surface area (Å²) in [6, 6.07) is 10.8. The van der Waals surface area contributed by atoms with Crippen molar-refractivity contribution in [3.8, 4) is 11.3 Å². The predicted molar refractivity (Wildman–Crippen MR) is 95.1 cm³/mol. The summed E-state index contributed by atoms with van der Waals surface area (Å²) in [7, 11) is -3.75. The first-order valence-electron chi connectivity index (χ1n) is 7.93. The molecule has 136 valence electrons. The van der Waals surface area contributed by atoms with Gasteiger partial charge >= 0.3 is 0 Å². The number of sulfonamides is 1. The molecule has 0 aliphatic rings. The van der Waals surface area contributed by atoms with Gasteiger partial charge in [-0.1, -0.05) is 35.5 Å². The first kappa shape index (κ1) is 18.0. The standard InChI is InChI=1S/C17H18N4O4S/c1-12-17(13(2)25-20-12)26(23,24)19-8-9-21-11-18-15(10-16(21)22)14-6-4-3-5-7-14/h3-7,10-11,19H,8-9H2,1-2H3. The zero-order valence-electron chi connectivity index (χ0n) is 14.3. The van der Waals surface area contributed by atoms with Gasteiger partial charge in [0.2, 0.25) is 10.0 Å². The fraction of sp³-hybridized carbons (Fsp3) is 0.235. The number of nitrogens with zero attached hydrogens (tertiary/aromatic N) is 3. The average Bonchev–Trinajstić information content (AvgIpc) is 2.96. The van der Waals surface area contributed by atoms with Crippen LogP contribution in [0, 0.1) is 13.8 Å². The summed E-state index contributed by atoms with van der Waals surface area (Å²) in [5, 5.41) is 3.64. The number of rotatable bonds is 6. The molecule has 2 aromatic heterocycles. The molecule has 8 nitrogen and oxygen atoms in total. The molecule has 0 saturated heterocycles. The molecular formula is C17H18N4O4S. The molecule has 1 N–H and O–H groups in total. The molecule has 2 heterocycles. The van der Waals surface area contributed by atoms with E-state index in [0.717, 1.165) is 5.56 Å². The molecular weight excluding hydrogens is 356 g/mol. The lowest BCUT2D eigenvalue weighted by Gasteiger charge is -2.08. The molecule has 0 unspecified atom stereocenters. The Hall–Kier alpha value is -2.78. The van der Waals surface area contributed by atoms with E-state index in [1.807, 2.05) is 30.3 Å². The zero-order valence-corrected chi connectivity index (χ0v) is 15.2. The smallest absolute Gasteiger partial charge is 0.253 e. The monoisotopic (exact) mass is 374 g/mol. The molecule has 26 heavy (non-hydrogen) atoms. The first-order chi connectivity index (χ1) is 12.4. The van der Waals surface area contributed by atoms with E-state index < -0.39 is 10.0 Å². The molecule has 0 fully saturated rings. The van der Waals surface area contributed by atoms with Crippen molar-refractivity contribution in [3.05, 3.63) is 64.5 Å². The van der Waals surface area contributed by atoms with Gasteiger partial charge in [0.15, 0.2) is 5.76 Å². The Morgan fingerprint density at radius 3 is 2.54 bits per heavy atom. The summed E-state index contributed by atoms with van der Waals surface area (Å²) >= 11 is 0. The molecule has 1 aromatic carbocycles. The topological polar surface area (TPSA) is 107 Å². The van der Waals surface area contributed by atoms with Crippen molar-refractivity contribution in [2.45, 2.75) is 25.3 Å². The minimum Gasteiger partial charge on any atom is -0.360 e. The van der Waals surface area contributed by atoms with Crippen LogP contribution in [0.25, 0.3) is 11.3 Å². The molecule has 3 rings (SSSR count).